The summed E-state index contributed by atoms with van der Waals surface area (Å²) in [6, 6.07) is 9.85. The van der Waals surface area contributed by atoms with E-state index in [1.165, 1.54) is 24.1 Å². The van der Waals surface area contributed by atoms with Gasteiger partial charge in [0.1, 0.15) is 11.5 Å². The molecule has 0 aliphatic heterocycles. The SMILES string of the molecule is CCOc1ccc(NC(=O)N(C)Cc2ccc(OC)cc2)c(C(F)(F)F)c1. The zero-order valence-electron chi connectivity index (χ0n) is 15.3. The lowest BCUT2D eigenvalue weighted by molar-refractivity contribution is -0.137. The second kappa shape index (κ2) is 8.66. The number of rotatable bonds is 6. The van der Waals surface area contributed by atoms with Crippen LogP contribution in [0.2, 0.25) is 0 Å². The molecule has 0 aromatic heterocycles. The number of hydrogen-bond donors (Lipinski definition) is 1. The number of carbonyl (C=O) groups excluding carboxylic acids is 1. The van der Waals surface area contributed by atoms with E-state index in [-0.39, 0.29) is 24.6 Å². The van der Waals surface area contributed by atoms with Gasteiger partial charge in [-0.05, 0) is 42.8 Å². The van der Waals surface area contributed by atoms with E-state index in [4.69, 9.17) is 9.47 Å². The molecule has 2 aromatic carbocycles. The Balaban J connectivity index is 2.13. The van der Waals surface area contributed by atoms with E-state index in [1.807, 2.05) is 0 Å². The molecular formula is C19H21F3N2O3. The van der Waals surface area contributed by atoms with Crippen molar-refractivity contribution in [3.63, 3.8) is 0 Å². The molecule has 27 heavy (non-hydrogen) atoms. The predicted octanol–water partition coefficient (Wildman–Crippen LogP) is 4.78. The van der Waals surface area contributed by atoms with E-state index in [0.717, 1.165) is 11.6 Å². The third-order valence-electron chi connectivity index (χ3n) is 3.77. The molecule has 0 atom stereocenters. The van der Waals surface area contributed by atoms with E-state index in [0.29, 0.717) is 5.75 Å². The normalized spacial score (nSPS) is 11.0. The number of halogens is 3. The van der Waals surface area contributed by atoms with Crippen LogP contribution in [0.4, 0.5) is 23.7 Å². The van der Waals surface area contributed by atoms with Gasteiger partial charge in [-0.3, -0.25) is 0 Å². The second-order valence-corrected chi connectivity index (χ2v) is 5.77. The van der Waals surface area contributed by atoms with Crippen LogP contribution < -0.4 is 14.8 Å². The highest BCUT2D eigenvalue weighted by molar-refractivity contribution is 5.90. The highest BCUT2D eigenvalue weighted by Gasteiger charge is 2.34. The molecule has 0 radical (unpaired) electrons. The number of nitrogens with zero attached hydrogens (tertiary/aromatic N) is 1. The van der Waals surface area contributed by atoms with Crippen LogP contribution in [0.25, 0.3) is 0 Å². The van der Waals surface area contributed by atoms with Gasteiger partial charge in [-0.15, -0.1) is 0 Å². The minimum Gasteiger partial charge on any atom is -0.497 e. The van der Waals surface area contributed by atoms with Crippen LogP contribution in [0.1, 0.15) is 18.1 Å². The lowest BCUT2D eigenvalue weighted by atomic mass is 10.1. The number of benzene rings is 2. The topological polar surface area (TPSA) is 50.8 Å². The molecule has 0 unspecified atom stereocenters. The van der Waals surface area contributed by atoms with Gasteiger partial charge < -0.3 is 19.7 Å². The first-order valence-electron chi connectivity index (χ1n) is 8.23. The largest absolute Gasteiger partial charge is 0.497 e. The second-order valence-electron chi connectivity index (χ2n) is 5.77. The molecule has 2 aromatic rings. The maximum absolute atomic E-state index is 13.3. The third-order valence-corrected chi connectivity index (χ3v) is 3.77. The van der Waals surface area contributed by atoms with Crippen LogP contribution in [-0.4, -0.2) is 31.7 Å². The summed E-state index contributed by atoms with van der Waals surface area (Å²) in [7, 11) is 3.05. The first-order valence-corrected chi connectivity index (χ1v) is 8.23. The molecule has 1 N–H and O–H groups in total. The van der Waals surface area contributed by atoms with Gasteiger partial charge in [-0.1, -0.05) is 12.1 Å². The minimum atomic E-state index is -4.62. The van der Waals surface area contributed by atoms with Crippen molar-refractivity contribution in [1.82, 2.24) is 4.90 Å². The first kappa shape index (κ1) is 20.4. The van der Waals surface area contributed by atoms with Crippen molar-refractivity contribution in [3.8, 4) is 11.5 Å². The molecule has 146 valence electrons. The lowest BCUT2D eigenvalue weighted by Crippen LogP contribution is -2.31. The van der Waals surface area contributed by atoms with Gasteiger partial charge in [0.05, 0.1) is 25.0 Å². The summed E-state index contributed by atoms with van der Waals surface area (Å²) in [6.45, 7) is 2.15. The number of nitrogens with one attached hydrogen (secondary N) is 1. The Hall–Kier alpha value is -2.90. The van der Waals surface area contributed by atoms with Gasteiger partial charge >= 0.3 is 12.2 Å². The summed E-state index contributed by atoms with van der Waals surface area (Å²) in [6.07, 6.45) is -4.62. The lowest BCUT2D eigenvalue weighted by Gasteiger charge is -2.20. The molecule has 5 nitrogen and oxygen atoms in total. The molecule has 2 rings (SSSR count). The standard InChI is InChI=1S/C19H21F3N2O3/c1-4-27-15-9-10-17(16(11-15)19(20,21)22)23-18(25)24(2)12-13-5-7-14(26-3)8-6-13/h5-11H,4,12H2,1-3H3,(H,23,25). The number of alkyl halides is 3. The van der Waals surface area contributed by atoms with Crippen molar-refractivity contribution in [1.29, 1.82) is 0 Å². The van der Waals surface area contributed by atoms with E-state index < -0.39 is 17.8 Å². The fourth-order valence-electron chi connectivity index (χ4n) is 2.41. The molecule has 0 spiro atoms. The number of carbonyl (C=O) groups is 1. The van der Waals surface area contributed by atoms with Gasteiger partial charge in [0.25, 0.3) is 0 Å². The summed E-state index contributed by atoms with van der Waals surface area (Å²) < 4.78 is 50.1. The average Bonchev–Trinajstić information content (AvgIpc) is 2.63. The molecule has 0 aliphatic carbocycles. The van der Waals surface area contributed by atoms with Gasteiger partial charge in [-0.2, -0.15) is 13.2 Å². The van der Waals surface area contributed by atoms with E-state index >= 15 is 0 Å². The average molecular weight is 382 g/mol. The van der Waals surface area contributed by atoms with Crippen molar-refractivity contribution in [2.75, 3.05) is 26.1 Å². The molecule has 0 bridgehead atoms. The number of urea groups is 1. The summed E-state index contributed by atoms with van der Waals surface area (Å²) in [5.41, 5.74) is -0.464. The monoisotopic (exact) mass is 382 g/mol. The maximum atomic E-state index is 13.3. The third kappa shape index (κ3) is 5.54. The zero-order chi connectivity index (χ0) is 20.0. The number of amides is 2. The molecule has 0 aliphatic rings. The van der Waals surface area contributed by atoms with Crippen LogP contribution in [-0.2, 0) is 12.7 Å². The van der Waals surface area contributed by atoms with Crippen molar-refractivity contribution >= 4 is 11.7 Å². The van der Waals surface area contributed by atoms with Crippen molar-refractivity contribution in [3.05, 3.63) is 53.6 Å². The van der Waals surface area contributed by atoms with Gasteiger partial charge in [0.15, 0.2) is 0 Å². The van der Waals surface area contributed by atoms with Crippen molar-refractivity contribution < 1.29 is 27.4 Å². The van der Waals surface area contributed by atoms with Crippen LogP contribution in [0.15, 0.2) is 42.5 Å². The number of methoxy groups -OCH3 is 1. The molecule has 8 heteroatoms. The van der Waals surface area contributed by atoms with E-state index in [2.05, 4.69) is 5.32 Å². The Kier molecular flexibility index (Phi) is 6.55. The van der Waals surface area contributed by atoms with Crippen LogP contribution in [0.3, 0.4) is 0 Å². The number of hydrogen-bond acceptors (Lipinski definition) is 3. The summed E-state index contributed by atoms with van der Waals surface area (Å²) >= 11 is 0. The quantitative estimate of drug-likeness (QED) is 0.783. The van der Waals surface area contributed by atoms with Crippen molar-refractivity contribution in [2.45, 2.75) is 19.6 Å². The minimum absolute atomic E-state index is 0.0920. The summed E-state index contributed by atoms with van der Waals surface area (Å²) in [5.74, 6) is 0.768. The Morgan fingerprint density at radius 1 is 1.11 bits per heavy atom. The smallest absolute Gasteiger partial charge is 0.418 e. The van der Waals surface area contributed by atoms with E-state index in [9.17, 15) is 18.0 Å². The predicted molar refractivity (Wildman–Crippen MR) is 96.1 cm³/mol. The molecular weight excluding hydrogens is 361 g/mol. The Bertz CT molecular complexity index is 777. The number of ether oxygens (including phenoxy) is 2. The molecule has 0 fully saturated rings. The number of anilines is 1. The van der Waals surface area contributed by atoms with Crippen LogP contribution in [0.5, 0.6) is 11.5 Å². The maximum Gasteiger partial charge on any atom is 0.418 e. The fraction of sp³-hybridized carbons (Fsp3) is 0.316. The molecule has 0 saturated heterocycles. The van der Waals surface area contributed by atoms with Crippen LogP contribution >= 0.6 is 0 Å². The molecule has 0 heterocycles. The fourth-order valence-corrected chi connectivity index (χ4v) is 2.41. The van der Waals surface area contributed by atoms with Gasteiger partial charge in [0, 0.05) is 13.6 Å². The first-order chi connectivity index (χ1) is 12.7. The summed E-state index contributed by atoms with van der Waals surface area (Å²) in [5, 5.41) is 2.32. The Morgan fingerprint density at radius 3 is 2.30 bits per heavy atom. The van der Waals surface area contributed by atoms with Gasteiger partial charge in [-0.25, -0.2) is 4.79 Å². The Labute approximate surface area is 155 Å². The zero-order valence-corrected chi connectivity index (χ0v) is 15.3. The highest BCUT2D eigenvalue weighted by Crippen LogP contribution is 2.37. The van der Waals surface area contributed by atoms with Gasteiger partial charge in [0.2, 0.25) is 0 Å². The molecule has 2 amide bonds. The summed E-state index contributed by atoms with van der Waals surface area (Å²) in [4.78, 5) is 13.6. The Morgan fingerprint density at radius 2 is 1.74 bits per heavy atom. The molecule has 0 saturated carbocycles. The highest BCUT2D eigenvalue weighted by atomic mass is 19.4. The van der Waals surface area contributed by atoms with E-state index in [1.54, 1.807) is 38.3 Å². The van der Waals surface area contributed by atoms with Crippen molar-refractivity contribution in [2.24, 2.45) is 0 Å². The van der Waals surface area contributed by atoms with Crippen LogP contribution in [0, 0.1) is 0 Å².